The van der Waals surface area contributed by atoms with E-state index < -0.39 is 0 Å². The van der Waals surface area contributed by atoms with E-state index in [1.807, 2.05) is 36.5 Å². The molecule has 6 heteroatoms. The maximum absolute atomic E-state index is 12.6. The molecule has 6 nitrogen and oxygen atoms in total. The summed E-state index contributed by atoms with van der Waals surface area (Å²) < 4.78 is 11.6. The molecule has 1 aromatic heterocycles. The Kier molecular flexibility index (Phi) is 5.53. The lowest BCUT2D eigenvalue weighted by Gasteiger charge is -2.32. The number of aromatic nitrogens is 1. The number of amides is 1. The van der Waals surface area contributed by atoms with Crippen LogP contribution in [-0.2, 0) is 11.3 Å². The highest BCUT2D eigenvalue weighted by Crippen LogP contribution is 2.30. The number of nitrogens with one attached hydrogen (secondary N) is 1. The molecule has 0 saturated carbocycles. The average molecular weight is 367 g/mol. The summed E-state index contributed by atoms with van der Waals surface area (Å²) in [6.45, 7) is 3.57. The van der Waals surface area contributed by atoms with Crippen molar-refractivity contribution in [2.45, 2.75) is 25.5 Å². The molecule has 27 heavy (non-hydrogen) atoms. The molecule has 1 saturated heterocycles. The first-order chi connectivity index (χ1) is 13.3. The summed E-state index contributed by atoms with van der Waals surface area (Å²) in [5.74, 6) is 1.63. The molecule has 0 spiro atoms. The molecule has 0 radical (unpaired) electrons. The van der Waals surface area contributed by atoms with Gasteiger partial charge in [-0.3, -0.25) is 14.7 Å². The van der Waals surface area contributed by atoms with Crippen LogP contribution in [0.1, 0.15) is 18.4 Å². The van der Waals surface area contributed by atoms with E-state index in [4.69, 9.17) is 9.47 Å². The standard InChI is InChI=1S/C21H25N3O3/c25-21(23-12-18-15-26-19-7-1-2-8-20(19)27-18)17-6-4-10-24(14-17)13-16-5-3-9-22-11-16/h1-3,5,7-9,11,17-18H,4,6,10,12-15H2,(H,23,25). The Hall–Kier alpha value is -2.60. The smallest absolute Gasteiger partial charge is 0.224 e. The number of likely N-dealkylation sites (tertiary alicyclic amines) is 1. The first-order valence-corrected chi connectivity index (χ1v) is 9.55. The molecular formula is C21H25N3O3. The molecule has 0 bridgehead atoms. The summed E-state index contributed by atoms with van der Waals surface area (Å²) in [5.41, 5.74) is 1.19. The van der Waals surface area contributed by atoms with Gasteiger partial charge >= 0.3 is 0 Å². The molecule has 1 amide bonds. The van der Waals surface area contributed by atoms with E-state index in [0.29, 0.717) is 13.2 Å². The zero-order valence-corrected chi connectivity index (χ0v) is 15.3. The van der Waals surface area contributed by atoms with Crippen LogP contribution in [-0.4, -0.2) is 48.1 Å². The van der Waals surface area contributed by atoms with Crippen molar-refractivity contribution in [3.8, 4) is 11.5 Å². The van der Waals surface area contributed by atoms with Gasteiger partial charge in [-0.1, -0.05) is 18.2 Å². The number of benzene rings is 1. The van der Waals surface area contributed by atoms with E-state index in [1.54, 1.807) is 6.20 Å². The van der Waals surface area contributed by atoms with Crippen molar-refractivity contribution in [2.24, 2.45) is 5.92 Å². The normalized spacial score (nSPS) is 22.2. The molecule has 142 valence electrons. The van der Waals surface area contributed by atoms with Crippen LogP contribution in [0, 0.1) is 5.92 Å². The number of para-hydroxylation sites is 2. The molecule has 2 aliphatic heterocycles. The number of ether oxygens (including phenoxy) is 2. The Morgan fingerprint density at radius 3 is 2.96 bits per heavy atom. The van der Waals surface area contributed by atoms with Crippen molar-refractivity contribution >= 4 is 5.91 Å². The summed E-state index contributed by atoms with van der Waals surface area (Å²) in [5, 5.41) is 3.05. The van der Waals surface area contributed by atoms with Crippen LogP contribution in [0.5, 0.6) is 11.5 Å². The summed E-state index contributed by atoms with van der Waals surface area (Å²) in [6, 6.07) is 11.7. The summed E-state index contributed by atoms with van der Waals surface area (Å²) in [6.07, 6.45) is 5.49. The van der Waals surface area contributed by atoms with E-state index in [0.717, 1.165) is 44.0 Å². The fourth-order valence-corrected chi connectivity index (χ4v) is 3.69. The largest absolute Gasteiger partial charge is 0.486 e. The third-order valence-corrected chi connectivity index (χ3v) is 5.08. The maximum Gasteiger partial charge on any atom is 0.224 e. The van der Waals surface area contributed by atoms with Crippen LogP contribution in [0.3, 0.4) is 0 Å². The Morgan fingerprint density at radius 1 is 1.22 bits per heavy atom. The Morgan fingerprint density at radius 2 is 2.11 bits per heavy atom. The first kappa shape index (κ1) is 17.8. The maximum atomic E-state index is 12.6. The minimum Gasteiger partial charge on any atom is -0.486 e. The minimum atomic E-state index is -0.154. The minimum absolute atomic E-state index is 0.0206. The molecule has 1 aromatic carbocycles. The van der Waals surface area contributed by atoms with Crippen molar-refractivity contribution in [1.29, 1.82) is 0 Å². The topological polar surface area (TPSA) is 63.7 Å². The molecule has 3 heterocycles. The molecule has 2 unspecified atom stereocenters. The lowest BCUT2D eigenvalue weighted by Crippen LogP contribution is -2.46. The van der Waals surface area contributed by atoms with Crippen LogP contribution < -0.4 is 14.8 Å². The Labute approximate surface area is 159 Å². The molecule has 1 N–H and O–H groups in total. The number of fused-ring (bicyclic) bond motifs is 1. The van der Waals surface area contributed by atoms with Gasteiger partial charge < -0.3 is 14.8 Å². The van der Waals surface area contributed by atoms with Gasteiger partial charge in [-0.25, -0.2) is 0 Å². The number of carbonyl (C=O) groups is 1. The molecule has 1 fully saturated rings. The van der Waals surface area contributed by atoms with E-state index in [1.165, 1.54) is 5.56 Å². The number of hydrogen-bond donors (Lipinski definition) is 1. The van der Waals surface area contributed by atoms with Gasteiger partial charge in [-0.05, 0) is 43.1 Å². The highest BCUT2D eigenvalue weighted by Gasteiger charge is 2.27. The van der Waals surface area contributed by atoms with Crippen LogP contribution in [0.4, 0.5) is 0 Å². The molecular weight excluding hydrogens is 342 g/mol. The molecule has 4 rings (SSSR count). The van der Waals surface area contributed by atoms with Crippen LogP contribution in [0.15, 0.2) is 48.8 Å². The second-order valence-electron chi connectivity index (χ2n) is 7.18. The third-order valence-electron chi connectivity index (χ3n) is 5.08. The van der Waals surface area contributed by atoms with Crippen molar-refractivity contribution in [3.63, 3.8) is 0 Å². The quantitative estimate of drug-likeness (QED) is 0.878. The summed E-state index contributed by atoms with van der Waals surface area (Å²) in [4.78, 5) is 19.1. The van der Waals surface area contributed by atoms with Crippen LogP contribution in [0.25, 0.3) is 0 Å². The molecule has 2 aromatic rings. The zero-order valence-electron chi connectivity index (χ0n) is 15.3. The van der Waals surface area contributed by atoms with Gasteiger partial charge in [0.25, 0.3) is 0 Å². The van der Waals surface area contributed by atoms with Gasteiger partial charge in [0.1, 0.15) is 12.7 Å². The second kappa shape index (κ2) is 8.39. The lowest BCUT2D eigenvalue weighted by molar-refractivity contribution is -0.127. The highest BCUT2D eigenvalue weighted by molar-refractivity contribution is 5.79. The predicted molar refractivity (Wildman–Crippen MR) is 102 cm³/mol. The zero-order chi connectivity index (χ0) is 18.5. The van der Waals surface area contributed by atoms with E-state index in [2.05, 4.69) is 21.3 Å². The fraction of sp³-hybridized carbons (Fsp3) is 0.429. The average Bonchev–Trinajstić information content (AvgIpc) is 2.73. The van der Waals surface area contributed by atoms with Gasteiger partial charge in [0.05, 0.1) is 12.5 Å². The van der Waals surface area contributed by atoms with Crippen molar-refractivity contribution in [3.05, 3.63) is 54.4 Å². The van der Waals surface area contributed by atoms with Crippen LogP contribution in [0.2, 0.25) is 0 Å². The van der Waals surface area contributed by atoms with Gasteiger partial charge in [-0.2, -0.15) is 0 Å². The number of piperidine rings is 1. The number of hydrogen-bond acceptors (Lipinski definition) is 5. The number of rotatable bonds is 5. The van der Waals surface area contributed by atoms with Crippen LogP contribution >= 0.6 is 0 Å². The Bertz CT molecular complexity index is 768. The SMILES string of the molecule is O=C(NCC1COc2ccccc2O1)C1CCCN(Cc2cccnc2)C1. The third kappa shape index (κ3) is 4.57. The van der Waals surface area contributed by atoms with Crippen molar-refractivity contribution in [1.82, 2.24) is 15.2 Å². The highest BCUT2D eigenvalue weighted by atomic mass is 16.6. The van der Waals surface area contributed by atoms with Gasteiger partial charge in [-0.15, -0.1) is 0 Å². The fourth-order valence-electron chi connectivity index (χ4n) is 3.69. The first-order valence-electron chi connectivity index (χ1n) is 9.55. The van der Waals surface area contributed by atoms with Gasteiger partial charge in [0.15, 0.2) is 11.5 Å². The van der Waals surface area contributed by atoms with Gasteiger partial charge in [0.2, 0.25) is 5.91 Å². The number of carbonyl (C=O) groups excluding carboxylic acids is 1. The van der Waals surface area contributed by atoms with E-state index in [9.17, 15) is 4.79 Å². The predicted octanol–water partition coefficient (Wildman–Crippen LogP) is 2.25. The second-order valence-corrected chi connectivity index (χ2v) is 7.18. The van der Waals surface area contributed by atoms with E-state index in [-0.39, 0.29) is 17.9 Å². The van der Waals surface area contributed by atoms with Crippen molar-refractivity contribution in [2.75, 3.05) is 26.2 Å². The number of pyridine rings is 1. The summed E-state index contributed by atoms with van der Waals surface area (Å²) in [7, 11) is 0. The molecule has 0 aliphatic carbocycles. The molecule has 2 aliphatic rings. The van der Waals surface area contributed by atoms with Crippen molar-refractivity contribution < 1.29 is 14.3 Å². The summed E-state index contributed by atoms with van der Waals surface area (Å²) >= 11 is 0. The monoisotopic (exact) mass is 367 g/mol. The van der Waals surface area contributed by atoms with E-state index >= 15 is 0 Å². The molecule has 2 atom stereocenters. The number of nitrogens with zero attached hydrogens (tertiary/aromatic N) is 2. The van der Waals surface area contributed by atoms with Gasteiger partial charge in [0, 0.05) is 25.5 Å². The Balaban J connectivity index is 1.26. The lowest BCUT2D eigenvalue weighted by atomic mass is 9.96.